The van der Waals surface area contributed by atoms with E-state index in [-0.39, 0.29) is 44.0 Å². The largest absolute Gasteiger partial charge is 0.480 e. The first-order chi connectivity index (χ1) is 16.0. The molecule has 1 saturated heterocycles. The Morgan fingerprint density at radius 2 is 1.70 bits per heavy atom. The number of nitrogens with zero attached hydrogens (tertiary/aromatic N) is 1. The smallest absolute Gasteiger partial charge is 0.407 e. The Balaban J connectivity index is 1.33. The quantitative estimate of drug-likeness (QED) is 0.600. The van der Waals surface area contributed by atoms with Gasteiger partial charge in [-0.15, -0.1) is 12.3 Å². The number of amides is 2. The minimum absolute atomic E-state index is 0.0141. The number of hydrogen-bond donors (Lipinski definition) is 2. The fraction of sp³-hybridized carbons (Fsp3) is 0.320. The number of ether oxygens (including phenoxy) is 2. The van der Waals surface area contributed by atoms with Crippen LogP contribution < -0.4 is 5.32 Å². The van der Waals surface area contributed by atoms with E-state index >= 15 is 0 Å². The summed E-state index contributed by atoms with van der Waals surface area (Å²) in [6.45, 7) is 0.212. The van der Waals surface area contributed by atoms with Crippen molar-refractivity contribution in [3.63, 3.8) is 0 Å². The van der Waals surface area contributed by atoms with Gasteiger partial charge in [0.1, 0.15) is 19.3 Å². The molecule has 2 aromatic carbocycles. The number of carbonyl (C=O) groups is 3. The highest BCUT2D eigenvalue weighted by Crippen LogP contribution is 2.44. The van der Waals surface area contributed by atoms with Gasteiger partial charge in [0.15, 0.2) is 0 Å². The number of carbonyl (C=O) groups excluding carboxylic acids is 2. The zero-order valence-electron chi connectivity index (χ0n) is 17.9. The number of nitrogens with one attached hydrogen (secondary N) is 1. The first-order valence-corrected chi connectivity index (χ1v) is 10.6. The molecule has 170 valence electrons. The second-order valence-electron chi connectivity index (χ2n) is 8.00. The lowest BCUT2D eigenvalue weighted by Crippen LogP contribution is -2.60. The van der Waals surface area contributed by atoms with Crippen LogP contribution in [0.1, 0.15) is 23.5 Å². The standard InChI is InChI=1S/C25H24N2O6/c1-2-7-22(24(30)27-12-16(13-27)32-15-23(28)29)26-25(31)33-14-21-19-10-5-3-8-17(19)18-9-4-6-11-20(18)21/h1,3-6,8-11,16,21-22H,7,12-15H2,(H,26,31)(H,28,29). The van der Waals surface area contributed by atoms with E-state index in [4.69, 9.17) is 21.0 Å². The van der Waals surface area contributed by atoms with Crippen molar-refractivity contribution in [2.45, 2.75) is 24.5 Å². The van der Waals surface area contributed by atoms with E-state index in [9.17, 15) is 14.4 Å². The van der Waals surface area contributed by atoms with Crippen LogP contribution in [0.3, 0.4) is 0 Å². The Morgan fingerprint density at radius 3 is 2.27 bits per heavy atom. The van der Waals surface area contributed by atoms with E-state index in [1.54, 1.807) is 0 Å². The summed E-state index contributed by atoms with van der Waals surface area (Å²) in [4.78, 5) is 37.3. The van der Waals surface area contributed by atoms with Crippen LogP contribution in [-0.2, 0) is 19.1 Å². The van der Waals surface area contributed by atoms with Gasteiger partial charge in [-0.2, -0.15) is 0 Å². The molecule has 0 spiro atoms. The Kier molecular flexibility index (Phi) is 6.61. The van der Waals surface area contributed by atoms with Crippen LogP contribution >= 0.6 is 0 Å². The number of alkyl carbamates (subject to hydrolysis) is 1. The molecule has 0 aromatic heterocycles. The molecule has 0 bridgehead atoms. The molecule has 1 aliphatic carbocycles. The van der Waals surface area contributed by atoms with Gasteiger partial charge in [0.05, 0.1) is 6.10 Å². The summed E-state index contributed by atoms with van der Waals surface area (Å²) in [6.07, 6.45) is 4.34. The van der Waals surface area contributed by atoms with Crippen molar-refractivity contribution in [2.24, 2.45) is 0 Å². The van der Waals surface area contributed by atoms with Crippen LogP contribution in [-0.4, -0.2) is 66.4 Å². The first-order valence-electron chi connectivity index (χ1n) is 10.6. The number of rotatable bonds is 8. The second kappa shape index (κ2) is 9.76. The third-order valence-corrected chi connectivity index (χ3v) is 5.86. The second-order valence-corrected chi connectivity index (χ2v) is 8.00. The van der Waals surface area contributed by atoms with E-state index in [2.05, 4.69) is 23.4 Å². The van der Waals surface area contributed by atoms with Gasteiger partial charge >= 0.3 is 12.1 Å². The maximum atomic E-state index is 12.7. The highest BCUT2D eigenvalue weighted by atomic mass is 16.5. The molecule has 0 saturated carbocycles. The molecule has 2 N–H and O–H groups in total. The fourth-order valence-corrected chi connectivity index (χ4v) is 4.23. The Bertz CT molecular complexity index is 1060. The lowest BCUT2D eigenvalue weighted by molar-refractivity contribution is -0.155. The maximum absolute atomic E-state index is 12.7. The molecule has 4 rings (SSSR count). The number of aliphatic carboxylic acids is 1. The normalized spacial score (nSPS) is 15.5. The molecule has 2 amide bonds. The SMILES string of the molecule is C#CCC(NC(=O)OCC1c2ccccc2-c2ccccc21)C(=O)N1CC(OCC(=O)O)C1. The third-order valence-electron chi connectivity index (χ3n) is 5.86. The molecule has 8 heteroatoms. The summed E-state index contributed by atoms with van der Waals surface area (Å²) in [7, 11) is 0. The van der Waals surface area contributed by atoms with Gasteiger partial charge in [-0.05, 0) is 22.3 Å². The van der Waals surface area contributed by atoms with E-state index in [0.717, 1.165) is 22.3 Å². The molecule has 33 heavy (non-hydrogen) atoms. The van der Waals surface area contributed by atoms with Gasteiger partial charge in [-0.25, -0.2) is 9.59 Å². The van der Waals surface area contributed by atoms with E-state index in [1.165, 1.54) is 4.90 Å². The van der Waals surface area contributed by atoms with Gasteiger partial charge in [0, 0.05) is 25.4 Å². The Labute approximate surface area is 191 Å². The van der Waals surface area contributed by atoms with Crippen LogP contribution in [0.2, 0.25) is 0 Å². The third kappa shape index (κ3) is 4.83. The highest BCUT2D eigenvalue weighted by Gasteiger charge is 2.36. The van der Waals surface area contributed by atoms with Gasteiger partial charge in [-0.3, -0.25) is 4.79 Å². The number of hydrogen-bond acceptors (Lipinski definition) is 5. The molecule has 1 unspecified atom stereocenters. The number of carboxylic acid groups (broad SMARTS) is 1. The number of benzene rings is 2. The van der Waals surface area contributed by atoms with Crippen molar-refractivity contribution in [1.29, 1.82) is 0 Å². The van der Waals surface area contributed by atoms with Crippen LogP contribution in [0.5, 0.6) is 0 Å². The summed E-state index contributed by atoms with van der Waals surface area (Å²) in [5, 5.41) is 11.2. The van der Waals surface area contributed by atoms with Gasteiger partial charge in [0.2, 0.25) is 5.91 Å². The zero-order valence-corrected chi connectivity index (χ0v) is 17.9. The number of likely N-dealkylation sites (tertiary alicyclic amines) is 1. The summed E-state index contributed by atoms with van der Waals surface area (Å²) in [5.41, 5.74) is 4.44. The van der Waals surface area contributed by atoms with Crippen LogP contribution in [0.15, 0.2) is 48.5 Å². The summed E-state index contributed by atoms with van der Waals surface area (Å²) >= 11 is 0. The average molecular weight is 448 g/mol. The van der Waals surface area contributed by atoms with Crippen LogP contribution in [0.25, 0.3) is 11.1 Å². The van der Waals surface area contributed by atoms with Gasteiger partial charge < -0.3 is 24.8 Å². The minimum atomic E-state index is -1.07. The molecule has 1 fully saturated rings. The number of fused-ring (bicyclic) bond motifs is 3. The van der Waals surface area contributed by atoms with E-state index in [0.29, 0.717) is 0 Å². The predicted molar refractivity (Wildman–Crippen MR) is 119 cm³/mol. The van der Waals surface area contributed by atoms with Gasteiger partial charge in [0.25, 0.3) is 0 Å². The topological polar surface area (TPSA) is 105 Å². The predicted octanol–water partition coefficient (Wildman–Crippen LogP) is 2.23. The maximum Gasteiger partial charge on any atom is 0.407 e. The molecule has 2 aliphatic rings. The van der Waals surface area contributed by atoms with Crippen molar-refractivity contribution >= 4 is 18.0 Å². The van der Waals surface area contributed by atoms with Crippen LogP contribution in [0, 0.1) is 12.3 Å². The molecule has 1 atom stereocenters. The highest BCUT2D eigenvalue weighted by molar-refractivity contribution is 5.86. The number of terminal acetylenes is 1. The Hall–Kier alpha value is -3.83. The fourth-order valence-electron chi connectivity index (χ4n) is 4.23. The summed E-state index contributed by atoms with van der Waals surface area (Å²) < 4.78 is 10.7. The van der Waals surface area contributed by atoms with Crippen molar-refractivity contribution in [1.82, 2.24) is 10.2 Å². The molecule has 2 aromatic rings. The Morgan fingerprint density at radius 1 is 1.09 bits per heavy atom. The van der Waals surface area contributed by atoms with Crippen molar-refractivity contribution < 1.29 is 29.0 Å². The molecule has 8 nitrogen and oxygen atoms in total. The molecule has 0 radical (unpaired) electrons. The molecule has 1 heterocycles. The first kappa shape index (κ1) is 22.4. The summed E-state index contributed by atoms with van der Waals surface area (Å²) in [6, 6.07) is 15.1. The van der Waals surface area contributed by atoms with E-state index in [1.807, 2.05) is 36.4 Å². The molecular weight excluding hydrogens is 424 g/mol. The molecule has 1 aliphatic heterocycles. The molecular formula is C25H24N2O6. The zero-order chi connectivity index (χ0) is 23.4. The lowest BCUT2D eigenvalue weighted by Gasteiger charge is -2.40. The van der Waals surface area contributed by atoms with E-state index < -0.39 is 24.7 Å². The summed E-state index contributed by atoms with van der Waals surface area (Å²) in [5.74, 6) is 0.897. The van der Waals surface area contributed by atoms with Crippen molar-refractivity contribution in [3.8, 4) is 23.5 Å². The van der Waals surface area contributed by atoms with Crippen molar-refractivity contribution in [3.05, 3.63) is 59.7 Å². The number of carboxylic acids is 1. The van der Waals surface area contributed by atoms with Crippen molar-refractivity contribution in [2.75, 3.05) is 26.3 Å². The lowest BCUT2D eigenvalue weighted by atomic mass is 9.98. The average Bonchev–Trinajstić information content (AvgIpc) is 3.10. The van der Waals surface area contributed by atoms with Gasteiger partial charge in [-0.1, -0.05) is 48.5 Å². The van der Waals surface area contributed by atoms with Crippen LogP contribution in [0.4, 0.5) is 4.79 Å². The minimum Gasteiger partial charge on any atom is -0.480 e. The monoisotopic (exact) mass is 448 g/mol.